The van der Waals surface area contributed by atoms with Crippen molar-refractivity contribution in [1.82, 2.24) is 4.90 Å². The molecule has 0 radical (unpaired) electrons. The Balaban J connectivity index is 2.67. The lowest BCUT2D eigenvalue weighted by atomic mass is 10.3. The van der Waals surface area contributed by atoms with E-state index in [0.717, 1.165) is 15.9 Å². The van der Waals surface area contributed by atoms with Crippen molar-refractivity contribution >= 4 is 27.5 Å². The molecule has 1 aromatic carbocycles. The molecule has 0 aliphatic rings. The number of amides is 1. The summed E-state index contributed by atoms with van der Waals surface area (Å²) in [4.78, 5) is 12.9. The van der Waals surface area contributed by atoms with E-state index in [-0.39, 0.29) is 12.5 Å². The molecule has 5 heteroatoms. The van der Waals surface area contributed by atoms with Crippen LogP contribution in [0.1, 0.15) is 0 Å². The third-order valence-electron chi connectivity index (χ3n) is 2.05. The van der Waals surface area contributed by atoms with Crippen LogP contribution in [0.25, 0.3) is 0 Å². The van der Waals surface area contributed by atoms with E-state index in [1.165, 1.54) is 0 Å². The van der Waals surface area contributed by atoms with Gasteiger partial charge in [0.15, 0.2) is 0 Å². The van der Waals surface area contributed by atoms with Crippen LogP contribution in [0.5, 0.6) is 5.75 Å². The molecule has 4 nitrogen and oxygen atoms in total. The molecule has 0 saturated heterocycles. The Hall–Kier alpha value is -1.23. The summed E-state index contributed by atoms with van der Waals surface area (Å²) < 4.78 is 6.03. The third-order valence-corrected chi connectivity index (χ3v) is 2.51. The summed E-state index contributed by atoms with van der Waals surface area (Å²) in [6.07, 6.45) is 0. The molecule has 0 spiro atoms. The number of rotatable bonds is 4. The molecule has 0 saturated carbocycles. The average molecular weight is 287 g/mol. The van der Waals surface area contributed by atoms with Crippen molar-refractivity contribution in [2.75, 3.05) is 33.1 Å². The number of nitrogens with one attached hydrogen (secondary N) is 1. The number of ether oxygens (including phenoxy) is 1. The summed E-state index contributed by atoms with van der Waals surface area (Å²) in [6.45, 7) is 0.270. The van der Waals surface area contributed by atoms with Crippen LogP contribution in [0.3, 0.4) is 0 Å². The molecule has 88 valence electrons. The summed E-state index contributed by atoms with van der Waals surface area (Å²) in [6, 6.07) is 5.60. The van der Waals surface area contributed by atoms with E-state index < -0.39 is 0 Å². The van der Waals surface area contributed by atoms with Crippen molar-refractivity contribution in [3.05, 3.63) is 22.7 Å². The molecule has 0 bridgehead atoms. The highest BCUT2D eigenvalue weighted by atomic mass is 79.9. The zero-order valence-electron chi connectivity index (χ0n) is 9.58. The van der Waals surface area contributed by atoms with Crippen LogP contribution >= 0.6 is 15.9 Å². The summed E-state index contributed by atoms with van der Waals surface area (Å²) in [5.41, 5.74) is 0.849. The van der Waals surface area contributed by atoms with E-state index >= 15 is 0 Å². The molecule has 0 aromatic heterocycles. The number of methoxy groups -OCH3 is 1. The fourth-order valence-corrected chi connectivity index (χ4v) is 1.59. The first-order chi connectivity index (χ1) is 7.52. The van der Waals surface area contributed by atoms with Gasteiger partial charge in [-0.2, -0.15) is 0 Å². The van der Waals surface area contributed by atoms with E-state index in [2.05, 4.69) is 21.2 Å². The first-order valence-electron chi connectivity index (χ1n) is 4.81. The van der Waals surface area contributed by atoms with Crippen LogP contribution in [-0.2, 0) is 4.79 Å². The van der Waals surface area contributed by atoms with Crippen molar-refractivity contribution in [3.8, 4) is 5.75 Å². The zero-order chi connectivity index (χ0) is 12.1. The van der Waals surface area contributed by atoms with Gasteiger partial charge in [-0.05, 0) is 12.1 Å². The molecule has 0 fully saturated rings. The van der Waals surface area contributed by atoms with Crippen molar-refractivity contribution < 1.29 is 9.53 Å². The van der Waals surface area contributed by atoms with Gasteiger partial charge in [0, 0.05) is 30.3 Å². The van der Waals surface area contributed by atoms with Crippen molar-refractivity contribution in [2.45, 2.75) is 0 Å². The van der Waals surface area contributed by atoms with Crippen LogP contribution < -0.4 is 10.1 Å². The van der Waals surface area contributed by atoms with Crippen molar-refractivity contribution in [3.63, 3.8) is 0 Å². The molecule has 1 aromatic rings. The molecular formula is C11H15BrN2O2. The molecular weight excluding hydrogens is 272 g/mol. The maximum Gasteiger partial charge on any atom is 0.241 e. The monoisotopic (exact) mass is 286 g/mol. The van der Waals surface area contributed by atoms with Gasteiger partial charge >= 0.3 is 0 Å². The van der Waals surface area contributed by atoms with E-state index in [4.69, 9.17) is 4.74 Å². The number of carbonyl (C=O) groups excluding carboxylic acids is 1. The Bertz CT molecular complexity index is 380. The summed E-state index contributed by atoms with van der Waals surface area (Å²) in [5.74, 6) is 0.771. The Kier molecular flexibility index (Phi) is 4.61. The van der Waals surface area contributed by atoms with Crippen molar-refractivity contribution in [1.29, 1.82) is 0 Å². The zero-order valence-corrected chi connectivity index (χ0v) is 11.2. The summed E-state index contributed by atoms with van der Waals surface area (Å²) >= 11 is 3.37. The summed E-state index contributed by atoms with van der Waals surface area (Å²) in [7, 11) is 5.06. The molecule has 1 N–H and O–H groups in total. The number of nitrogens with zero attached hydrogens (tertiary/aromatic N) is 1. The topological polar surface area (TPSA) is 41.6 Å². The van der Waals surface area contributed by atoms with Crippen LogP contribution in [0.4, 0.5) is 5.69 Å². The molecule has 0 atom stereocenters. The maximum atomic E-state index is 11.4. The molecule has 16 heavy (non-hydrogen) atoms. The van der Waals surface area contributed by atoms with Gasteiger partial charge < -0.3 is 15.0 Å². The Morgan fingerprint density at radius 3 is 2.69 bits per heavy atom. The highest BCUT2D eigenvalue weighted by Gasteiger charge is 2.04. The first kappa shape index (κ1) is 12.8. The molecule has 0 aliphatic carbocycles. The van der Waals surface area contributed by atoms with E-state index in [9.17, 15) is 4.79 Å². The van der Waals surface area contributed by atoms with E-state index in [0.29, 0.717) is 0 Å². The predicted octanol–water partition coefficient (Wildman–Crippen LogP) is 1.96. The second kappa shape index (κ2) is 5.75. The highest BCUT2D eigenvalue weighted by molar-refractivity contribution is 9.10. The Morgan fingerprint density at radius 1 is 1.44 bits per heavy atom. The molecule has 0 heterocycles. The Morgan fingerprint density at radius 2 is 2.12 bits per heavy atom. The third kappa shape index (κ3) is 3.73. The second-order valence-corrected chi connectivity index (χ2v) is 4.44. The van der Waals surface area contributed by atoms with E-state index in [1.54, 1.807) is 26.1 Å². The fourth-order valence-electron chi connectivity index (χ4n) is 1.12. The van der Waals surface area contributed by atoms with Crippen molar-refractivity contribution in [2.24, 2.45) is 0 Å². The number of anilines is 1. The SMILES string of the molecule is COc1cc(Br)cc(NCC(=O)N(C)C)c1. The Labute approximate surface area is 104 Å². The normalized spacial score (nSPS) is 9.75. The first-order valence-corrected chi connectivity index (χ1v) is 5.61. The lowest BCUT2D eigenvalue weighted by molar-refractivity contribution is -0.126. The van der Waals surface area contributed by atoms with Crippen LogP contribution in [0.15, 0.2) is 22.7 Å². The molecule has 1 rings (SSSR count). The highest BCUT2D eigenvalue weighted by Crippen LogP contribution is 2.24. The number of benzene rings is 1. The number of likely N-dealkylation sites (N-methyl/N-ethyl adjacent to an activating group) is 1. The average Bonchev–Trinajstić information content (AvgIpc) is 2.24. The second-order valence-electron chi connectivity index (χ2n) is 3.52. The van der Waals surface area contributed by atoms with Gasteiger partial charge in [-0.25, -0.2) is 0 Å². The minimum absolute atomic E-state index is 0.0268. The lowest BCUT2D eigenvalue weighted by Crippen LogP contribution is -2.28. The fraction of sp³-hybridized carbons (Fsp3) is 0.364. The molecule has 1 amide bonds. The van der Waals surface area contributed by atoms with E-state index in [1.807, 2.05) is 18.2 Å². The summed E-state index contributed by atoms with van der Waals surface area (Å²) in [5, 5.41) is 3.04. The van der Waals surface area contributed by atoms with Crippen LogP contribution in [0.2, 0.25) is 0 Å². The van der Waals surface area contributed by atoms with Gasteiger partial charge in [0.25, 0.3) is 0 Å². The minimum Gasteiger partial charge on any atom is -0.497 e. The van der Waals surface area contributed by atoms with Gasteiger partial charge in [0.2, 0.25) is 5.91 Å². The standard InChI is InChI=1S/C11H15BrN2O2/c1-14(2)11(15)7-13-9-4-8(12)5-10(6-9)16-3/h4-6,13H,7H2,1-3H3. The van der Waals surface area contributed by atoms with Gasteiger partial charge in [0.05, 0.1) is 13.7 Å². The van der Waals surface area contributed by atoms with Gasteiger partial charge in [-0.3, -0.25) is 4.79 Å². The van der Waals surface area contributed by atoms with Crippen LogP contribution in [-0.4, -0.2) is 38.6 Å². The minimum atomic E-state index is 0.0268. The number of carbonyl (C=O) groups is 1. The predicted molar refractivity (Wildman–Crippen MR) is 67.9 cm³/mol. The van der Waals surface area contributed by atoms with Gasteiger partial charge in [-0.15, -0.1) is 0 Å². The molecule has 0 unspecified atom stereocenters. The lowest BCUT2D eigenvalue weighted by Gasteiger charge is -2.12. The molecule has 0 aliphatic heterocycles. The van der Waals surface area contributed by atoms with Crippen LogP contribution in [0, 0.1) is 0 Å². The maximum absolute atomic E-state index is 11.4. The largest absolute Gasteiger partial charge is 0.497 e. The number of hydrogen-bond donors (Lipinski definition) is 1. The van der Waals surface area contributed by atoms with Gasteiger partial charge in [0.1, 0.15) is 5.75 Å². The smallest absolute Gasteiger partial charge is 0.241 e. The van der Waals surface area contributed by atoms with Gasteiger partial charge in [-0.1, -0.05) is 15.9 Å². The number of halogens is 1. The number of hydrogen-bond acceptors (Lipinski definition) is 3. The quantitative estimate of drug-likeness (QED) is 0.920.